The second-order valence-corrected chi connectivity index (χ2v) is 10.4. The van der Waals surface area contributed by atoms with Crippen molar-refractivity contribution < 1.29 is 39.5 Å². The summed E-state index contributed by atoms with van der Waals surface area (Å²) in [7, 11) is 4.59. The van der Waals surface area contributed by atoms with Gasteiger partial charge in [-0.25, -0.2) is 0 Å². The molecule has 1 fully saturated rings. The molecule has 0 aromatic heterocycles. The van der Waals surface area contributed by atoms with Crippen LogP contribution in [0.2, 0.25) is 0 Å². The number of carbonyl (C=O) groups is 3. The highest BCUT2D eigenvalue weighted by Gasteiger charge is 2.64. The number of fused-ring (bicyclic) bond motifs is 3. The van der Waals surface area contributed by atoms with Gasteiger partial charge in [0.2, 0.25) is 5.78 Å². The number of nitrogens with one attached hydrogen (secondary N) is 1. The van der Waals surface area contributed by atoms with E-state index < -0.39 is 58.0 Å². The minimum absolute atomic E-state index is 0.00133. The van der Waals surface area contributed by atoms with Gasteiger partial charge in [0, 0.05) is 35.2 Å². The van der Waals surface area contributed by atoms with Gasteiger partial charge < -0.3 is 36.2 Å². The number of hydrogen-bond acceptors (Lipinski definition) is 10. The minimum Gasteiger partial charge on any atom is -0.508 e. The van der Waals surface area contributed by atoms with Crippen LogP contribution in [0.5, 0.6) is 11.5 Å². The Morgan fingerprint density at radius 3 is 2.46 bits per heavy atom. The van der Waals surface area contributed by atoms with E-state index >= 15 is 0 Å². The summed E-state index contributed by atoms with van der Waals surface area (Å²) in [5, 5.41) is 47.9. The molecule has 4 rings (SSSR count). The maximum atomic E-state index is 13.8. The number of ether oxygens (including phenoxy) is 1. The van der Waals surface area contributed by atoms with E-state index in [-0.39, 0.29) is 35.8 Å². The van der Waals surface area contributed by atoms with Crippen LogP contribution in [0.15, 0.2) is 23.0 Å². The number of amides is 1. The van der Waals surface area contributed by atoms with Crippen LogP contribution in [-0.2, 0) is 27.3 Å². The predicted octanol–water partition coefficient (Wildman–Crippen LogP) is 0.471. The maximum Gasteiger partial charge on any atom is 0.255 e. The number of hydrogen-bond donors (Lipinski definition) is 6. The summed E-state index contributed by atoms with van der Waals surface area (Å²) in [6.07, 6.45) is 0.185. The van der Waals surface area contributed by atoms with Gasteiger partial charge in [-0.3, -0.25) is 19.3 Å². The molecule has 3 aliphatic rings. The van der Waals surface area contributed by atoms with Gasteiger partial charge in [0.25, 0.3) is 5.91 Å². The van der Waals surface area contributed by atoms with Gasteiger partial charge in [-0.15, -0.1) is 0 Å². The van der Waals surface area contributed by atoms with Crippen molar-refractivity contribution >= 4 is 23.2 Å². The number of likely N-dealkylation sites (N-methyl/N-ethyl adjacent to an activating group) is 1. The number of nitrogens with zero attached hydrogens (tertiary/aromatic N) is 1. The van der Waals surface area contributed by atoms with Gasteiger partial charge in [-0.1, -0.05) is 13.8 Å². The highest BCUT2D eigenvalue weighted by molar-refractivity contribution is 6.24. The van der Waals surface area contributed by atoms with Crippen LogP contribution in [-0.4, -0.2) is 81.7 Å². The molecule has 0 heterocycles. The molecule has 0 unspecified atom stereocenters. The first kappa shape index (κ1) is 26.6. The van der Waals surface area contributed by atoms with Crippen LogP contribution >= 0.6 is 0 Å². The number of aliphatic hydroxyl groups is 3. The molecule has 11 heteroatoms. The topological polar surface area (TPSA) is 183 Å². The Balaban J connectivity index is 1.93. The second kappa shape index (κ2) is 9.16. The van der Waals surface area contributed by atoms with Crippen molar-refractivity contribution in [2.75, 3.05) is 21.2 Å². The van der Waals surface area contributed by atoms with E-state index in [1.54, 1.807) is 14.1 Å². The van der Waals surface area contributed by atoms with Crippen LogP contribution in [0.1, 0.15) is 37.0 Å². The molecule has 0 saturated heterocycles. The molecule has 7 N–H and O–H groups in total. The van der Waals surface area contributed by atoms with Gasteiger partial charge in [0.1, 0.15) is 28.6 Å². The third kappa shape index (κ3) is 3.80. The van der Waals surface area contributed by atoms with Crippen LogP contribution < -0.4 is 15.8 Å². The Kier molecular flexibility index (Phi) is 6.60. The van der Waals surface area contributed by atoms with Crippen molar-refractivity contribution in [2.45, 2.75) is 50.9 Å². The standard InChI is InChI=1S/C26H33N3O8/c1-10(2)28-9-12-8-15(30)17-13(22(12)37-5)6-11-7-14-19(29(3)4)21(32)18(25(27)35)24(34)26(14,36)23(33)16(11)20(17)31/h8,10-11,14,19,28,30-31,34,36H,6-7,9H2,1-5H3,(H2,27,35)/t11-,14-,19-,26-/m0/s1. The highest BCUT2D eigenvalue weighted by atomic mass is 16.5. The summed E-state index contributed by atoms with van der Waals surface area (Å²) >= 11 is 0. The fraction of sp³-hybridized carbons (Fsp3) is 0.500. The number of Topliss-reactive ketones (excluding diaryl/α,β-unsaturated/α-hetero) is 2. The normalized spacial score (nSPS) is 27.4. The molecule has 1 amide bonds. The molecule has 4 atom stereocenters. The number of primary amides is 1. The first-order valence-corrected chi connectivity index (χ1v) is 12.1. The van der Waals surface area contributed by atoms with Crippen molar-refractivity contribution in [3.05, 3.63) is 39.7 Å². The zero-order chi connectivity index (χ0) is 27.6. The van der Waals surface area contributed by atoms with Crippen LogP contribution in [0.4, 0.5) is 0 Å². The number of methoxy groups -OCH3 is 1. The first-order chi connectivity index (χ1) is 17.3. The third-order valence-electron chi connectivity index (χ3n) is 7.65. The fourth-order valence-electron chi connectivity index (χ4n) is 6.06. The van der Waals surface area contributed by atoms with Crippen LogP contribution in [0, 0.1) is 11.8 Å². The third-order valence-corrected chi connectivity index (χ3v) is 7.65. The average Bonchev–Trinajstić information content (AvgIpc) is 2.79. The zero-order valence-electron chi connectivity index (χ0n) is 21.5. The first-order valence-electron chi connectivity index (χ1n) is 12.1. The quantitative estimate of drug-likeness (QED) is 0.291. The lowest BCUT2D eigenvalue weighted by Gasteiger charge is -2.50. The minimum atomic E-state index is -2.66. The molecule has 3 aliphatic carbocycles. The summed E-state index contributed by atoms with van der Waals surface area (Å²) in [6, 6.07) is 0.474. The molecule has 0 aliphatic heterocycles. The van der Waals surface area contributed by atoms with Gasteiger partial charge in [0.05, 0.1) is 18.7 Å². The molecule has 0 bridgehead atoms. The summed E-state index contributed by atoms with van der Waals surface area (Å²) in [6.45, 7) is 4.33. The van der Waals surface area contributed by atoms with Gasteiger partial charge >= 0.3 is 0 Å². The number of phenols is 1. The molecule has 37 heavy (non-hydrogen) atoms. The van der Waals surface area contributed by atoms with E-state index in [1.165, 1.54) is 18.1 Å². The van der Waals surface area contributed by atoms with Crippen molar-refractivity contribution in [1.29, 1.82) is 0 Å². The van der Waals surface area contributed by atoms with Gasteiger partial charge in [0.15, 0.2) is 11.4 Å². The number of aliphatic hydroxyl groups excluding tert-OH is 2. The second-order valence-electron chi connectivity index (χ2n) is 10.4. The van der Waals surface area contributed by atoms with Gasteiger partial charge in [-0.2, -0.15) is 0 Å². The lowest BCUT2D eigenvalue weighted by atomic mass is 9.57. The van der Waals surface area contributed by atoms with E-state index in [0.29, 0.717) is 23.4 Å². The largest absolute Gasteiger partial charge is 0.508 e. The molecular weight excluding hydrogens is 482 g/mol. The molecule has 1 aromatic carbocycles. The monoisotopic (exact) mass is 515 g/mol. The smallest absolute Gasteiger partial charge is 0.255 e. The summed E-state index contributed by atoms with van der Waals surface area (Å²) in [4.78, 5) is 40.5. The lowest BCUT2D eigenvalue weighted by Crippen LogP contribution is -2.65. The van der Waals surface area contributed by atoms with Crippen molar-refractivity contribution in [2.24, 2.45) is 17.6 Å². The Morgan fingerprint density at radius 2 is 1.92 bits per heavy atom. The number of rotatable bonds is 6. The number of phenolic OH excluding ortho intramolecular Hbond substituents is 1. The molecular formula is C26H33N3O8. The Bertz CT molecular complexity index is 1260. The van der Waals surface area contributed by atoms with E-state index in [4.69, 9.17) is 10.5 Å². The SMILES string of the molecule is COc1c(CNC(C)C)cc(O)c2c1C[C@H]1C[C@H]3[C@H](N(C)C)C(=O)C(C(N)=O)=C(O)[C@@]3(O)C(=O)C1=C2O. The number of benzene rings is 1. The molecule has 0 radical (unpaired) electrons. The molecule has 0 spiro atoms. The number of carbonyl (C=O) groups excluding carboxylic acids is 3. The summed E-state index contributed by atoms with van der Waals surface area (Å²) in [5.41, 5.74) is 2.79. The number of aromatic hydroxyl groups is 1. The van der Waals surface area contributed by atoms with Crippen molar-refractivity contribution in [1.82, 2.24) is 10.2 Å². The number of nitrogens with two attached hydrogens (primary N) is 1. The molecule has 1 aromatic rings. The molecule has 11 nitrogen and oxygen atoms in total. The predicted molar refractivity (Wildman–Crippen MR) is 133 cm³/mol. The Hall–Kier alpha value is -3.41. The molecule has 200 valence electrons. The zero-order valence-corrected chi connectivity index (χ0v) is 21.5. The fourth-order valence-corrected chi connectivity index (χ4v) is 6.06. The van der Waals surface area contributed by atoms with Crippen molar-refractivity contribution in [3.63, 3.8) is 0 Å². The summed E-state index contributed by atoms with van der Waals surface area (Å²) < 4.78 is 5.67. The van der Waals surface area contributed by atoms with E-state index in [2.05, 4.69) is 5.32 Å². The maximum absolute atomic E-state index is 13.8. The van der Waals surface area contributed by atoms with Crippen LogP contribution in [0.25, 0.3) is 5.76 Å². The Labute approximate surface area is 214 Å². The average molecular weight is 516 g/mol. The van der Waals surface area contributed by atoms with E-state index in [0.717, 1.165) is 0 Å². The van der Waals surface area contributed by atoms with Crippen molar-refractivity contribution in [3.8, 4) is 11.5 Å². The molecule has 1 saturated carbocycles. The Morgan fingerprint density at radius 1 is 1.27 bits per heavy atom. The highest BCUT2D eigenvalue weighted by Crippen LogP contribution is 2.54. The van der Waals surface area contributed by atoms with E-state index in [9.17, 15) is 34.8 Å². The summed E-state index contributed by atoms with van der Waals surface area (Å²) in [5.74, 6) is -6.38. The lowest BCUT2D eigenvalue weighted by molar-refractivity contribution is -0.153. The number of ketones is 2. The van der Waals surface area contributed by atoms with Crippen LogP contribution in [0.3, 0.4) is 0 Å². The van der Waals surface area contributed by atoms with Gasteiger partial charge in [-0.05, 0) is 38.9 Å². The van der Waals surface area contributed by atoms with E-state index in [1.807, 2.05) is 13.8 Å².